The zero-order chi connectivity index (χ0) is 49.9. The predicted octanol–water partition coefficient (Wildman–Crippen LogP) is 16.4. The summed E-state index contributed by atoms with van der Waals surface area (Å²) in [5.74, 6) is 1.19. The third-order valence-corrected chi connectivity index (χ3v) is 19.9. The third kappa shape index (κ3) is 6.63. The number of benzene rings is 4. The van der Waals surface area contributed by atoms with E-state index in [1.165, 1.54) is 134 Å². The Morgan fingerprint density at radius 1 is 0.449 bits per heavy atom. The minimum atomic E-state index is -0.114. The van der Waals surface area contributed by atoms with Crippen LogP contribution < -0.4 is 26.4 Å². The summed E-state index contributed by atoms with van der Waals surface area (Å²) in [5.41, 5.74) is 25.2. The van der Waals surface area contributed by atoms with Crippen molar-refractivity contribution in [2.24, 2.45) is 0 Å². The molecule has 1 aromatic heterocycles. The van der Waals surface area contributed by atoms with Crippen LogP contribution >= 0.6 is 0 Å². The molecule has 0 saturated carbocycles. The van der Waals surface area contributed by atoms with Gasteiger partial charge in [0.05, 0.1) is 11.3 Å². The molecular formula is C65H85BN2O. The van der Waals surface area contributed by atoms with Gasteiger partial charge in [-0.3, -0.25) is 0 Å². The van der Waals surface area contributed by atoms with Gasteiger partial charge in [0.25, 0.3) is 6.71 Å². The van der Waals surface area contributed by atoms with Crippen molar-refractivity contribution in [2.45, 2.75) is 239 Å². The average Bonchev–Trinajstić information content (AvgIpc) is 3.67. The smallest absolute Gasteiger partial charge is 0.297 e. The Kier molecular flexibility index (Phi) is 9.62. The van der Waals surface area contributed by atoms with E-state index in [0.29, 0.717) is 0 Å². The average molecular weight is 921 g/mol. The van der Waals surface area contributed by atoms with Crippen molar-refractivity contribution >= 4 is 57.4 Å². The molecule has 3 heterocycles. The van der Waals surface area contributed by atoms with Crippen LogP contribution in [-0.4, -0.2) is 6.71 Å². The third-order valence-electron chi connectivity index (χ3n) is 19.9. The van der Waals surface area contributed by atoms with Crippen molar-refractivity contribution in [3.05, 3.63) is 110 Å². The van der Waals surface area contributed by atoms with Gasteiger partial charge in [0.15, 0.2) is 0 Å². The van der Waals surface area contributed by atoms with Gasteiger partial charge in [0.2, 0.25) is 0 Å². The standard InChI is InChI=1S/C65H85BN2O/c1-38-47(24-23-42-51(38)63(15,16)30-29-59(42,7)8)68-50-34-39(57(2,3)4)33-49-53(50)66(56-54(68)52-55(69-56)65(19,20)32-31-64(52,17)18)46-36-44-45(62(13,14)28-27-61(44,11)12)37-48(46)67(49)40-21-22-41-43(35-40)60(9,10)26-25-58(41,5)6/h21-24,33-37H,25-32H2,1-20H3. The molecule has 2 aliphatic heterocycles. The van der Waals surface area contributed by atoms with Crippen molar-refractivity contribution in [1.82, 2.24) is 0 Å². The first-order valence-corrected chi connectivity index (χ1v) is 27.2. The molecule has 4 aliphatic carbocycles. The summed E-state index contributed by atoms with van der Waals surface area (Å²) in [6.07, 6.45) is 9.34. The molecule has 0 saturated heterocycles. The predicted molar refractivity (Wildman–Crippen MR) is 297 cm³/mol. The fourth-order valence-corrected chi connectivity index (χ4v) is 14.8. The Hall–Kier alpha value is -4.18. The molecule has 0 atom stereocenters. The van der Waals surface area contributed by atoms with Gasteiger partial charge in [0.1, 0.15) is 5.76 Å². The fourth-order valence-electron chi connectivity index (χ4n) is 14.8. The highest BCUT2D eigenvalue weighted by atomic mass is 16.3. The number of hydrogen-bond donors (Lipinski definition) is 0. The molecule has 6 aliphatic rings. The molecule has 0 radical (unpaired) electrons. The topological polar surface area (TPSA) is 19.6 Å². The number of furan rings is 1. The van der Waals surface area contributed by atoms with E-state index in [4.69, 9.17) is 4.42 Å². The van der Waals surface area contributed by atoms with Gasteiger partial charge in [-0.2, -0.15) is 0 Å². The van der Waals surface area contributed by atoms with Gasteiger partial charge in [-0.05, 0) is 193 Å². The monoisotopic (exact) mass is 921 g/mol. The molecule has 69 heavy (non-hydrogen) atoms. The molecule has 0 unspecified atom stereocenters. The molecule has 364 valence electrons. The van der Waals surface area contributed by atoms with Crippen molar-refractivity contribution in [2.75, 3.05) is 9.80 Å². The lowest BCUT2D eigenvalue weighted by atomic mass is 9.34. The lowest BCUT2D eigenvalue weighted by Gasteiger charge is -2.48. The molecule has 0 fully saturated rings. The van der Waals surface area contributed by atoms with Crippen LogP contribution in [0.3, 0.4) is 0 Å². The van der Waals surface area contributed by atoms with Crippen molar-refractivity contribution in [1.29, 1.82) is 0 Å². The molecule has 11 rings (SSSR count). The highest BCUT2D eigenvalue weighted by Gasteiger charge is 2.54. The Labute approximate surface area is 418 Å². The summed E-state index contributed by atoms with van der Waals surface area (Å²) in [7, 11) is 0. The Morgan fingerprint density at radius 3 is 1.49 bits per heavy atom. The Balaban J connectivity index is 1.32. The van der Waals surface area contributed by atoms with E-state index in [1.54, 1.807) is 5.56 Å². The molecule has 5 aromatic rings. The number of nitrogens with zero attached hydrogens (tertiary/aromatic N) is 2. The van der Waals surface area contributed by atoms with Crippen LogP contribution in [0.5, 0.6) is 0 Å². The van der Waals surface area contributed by atoms with E-state index >= 15 is 0 Å². The highest BCUT2D eigenvalue weighted by molar-refractivity contribution is 6.99. The lowest BCUT2D eigenvalue weighted by Crippen LogP contribution is -2.61. The van der Waals surface area contributed by atoms with E-state index in [0.717, 1.165) is 18.5 Å². The normalized spacial score (nSPS) is 23.2. The van der Waals surface area contributed by atoms with Gasteiger partial charge < -0.3 is 14.2 Å². The Bertz CT molecular complexity index is 3020. The number of hydrogen-bond acceptors (Lipinski definition) is 3. The molecule has 4 aromatic carbocycles. The second kappa shape index (κ2) is 14.1. The first-order chi connectivity index (χ1) is 31.7. The van der Waals surface area contributed by atoms with Gasteiger partial charge in [-0.25, -0.2) is 0 Å². The minimum Gasteiger partial charge on any atom is -0.472 e. The van der Waals surface area contributed by atoms with E-state index in [1.807, 2.05) is 0 Å². The maximum Gasteiger partial charge on any atom is 0.297 e. The van der Waals surface area contributed by atoms with Crippen LogP contribution in [0.25, 0.3) is 0 Å². The van der Waals surface area contributed by atoms with Crippen LogP contribution in [0, 0.1) is 6.92 Å². The van der Waals surface area contributed by atoms with Crippen molar-refractivity contribution in [3.8, 4) is 0 Å². The van der Waals surface area contributed by atoms with Crippen LogP contribution in [0.4, 0.5) is 34.1 Å². The first-order valence-electron chi connectivity index (χ1n) is 27.2. The largest absolute Gasteiger partial charge is 0.472 e. The maximum atomic E-state index is 7.90. The zero-order valence-corrected chi connectivity index (χ0v) is 46.7. The molecule has 3 nitrogen and oxygen atoms in total. The van der Waals surface area contributed by atoms with Crippen LogP contribution in [-0.2, 0) is 48.7 Å². The van der Waals surface area contributed by atoms with Crippen LogP contribution in [0.15, 0.2) is 59.0 Å². The van der Waals surface area contributed by atoms with Crippen molar-refractivity contribution in [3.63, 3.8) is 0 Å². The SMILES string of the molecule is Cc1c(N2c3cc(C(C)(C)C)cc4c3B(c3cc5c(cc3N4c3ccc4c(c3)C(C)(C)CCC4(C)C)C(C)(C)CCC5(C)C)c3oc4c(c32)C(C)(C)CCC4(C)C)ccc2c1C(C)(C)CCC2(C)C. The van der Waals surface area contributed by atoms with E-state index in [2.05, 4.69) is 203 Å². The number of anilines is 6. The molecule has 0 amide bonds. The fraction of sp³-hybridized carbons (Fsp3) is 0.569. The molecule has 4 heteroatoms. The number of fused-ring (bicyclic) bond motifs is 9. The summed E-state index contributed by atoms with van der Waals surface area (Å²) in [6.45, 7) is 49.4. The quantitative estimate of drug-likeness (QED) is 0.161. The van der Waals surface area contributed by atoms with E-state index in [9.17, 15) is 0 Å². The summed E-state index contributed by atoms with van der Waals surface area (Å²) < 4.78 is 7.90. The van der Waals surface area contributed by atoms with Crippen LogP contribution in [0.1, 0.15) is 239 Å². The molecular weight excluding hydrogens is 836 g/mol. The summed E-state index contributed by atoms with van der Waals surface area (Å²) in [4.78, 5) is 5.51. The van der Waals surface area contributed by atoms with E-state index in [-0.39, 0.29) is 55.4 Å². The summed E-state index contributed by atoms with van der Waals surface area (Å²) in [6, 6.07) is 23.2. The maximum absolute atomic E-state index is 7.90. The van der Waals surface area contributed by atoms with Crippen molar-refractivity contribution < 1.29 is 4.42 Å². The zero-order valence-electron chi connectivity index (χ0n) is 46.7. The molecule has 0 spiro atoms. The summed E-state index contributed by atoms with van der Waals surface area (Å²) in [5, 5.41) is 0. The van der Waals surface area contributed by atoms with E-state index < -0.39 is 0 Å². The van der Waals surface area contributed by atoms with Gasteiger partial charge in [-0.1, -0.05) is 150 Å². The van der Waals surface area contributed by atoms with Gasteiger partial charge in [0, 0.05) is 39.4 Å². The second-order valence-electron chi connectivity index (χ2n) is 29.7. The second-order valence-corrected chi connectivity index (χ2v) is 29.7. The summed E-state index contributed by atoms with van der Waals surface area (Å²) >= 11 is 0. The van der Waals surface area contributed by atoms with Gasteiger partial charge >= 0.3 is 0 Å². The van der Waals surface area contributed by atoms with Gasteiger partial charge in [-0.15, -0.1) is 0 Å². The highest BCUT2D eigenvalue weighted by Crippen LogP contribution is 2.59. The van der Waals surface area contributed by atoms with Crippen LogP contribution in [0.2, 0.25) is 0 Å². The first kappa shape index (κ1) is 47.2. The molecule has 0 bridgehead atoms. The number of rotatable bonds is 2. The lowest BCUT2D eigenvalue weighted by molar-refractivity contribution is 0.282. The molecule has 0 N–H and O–H groups in total. The Morgan fingerprint density at radius 2 is 0.913 bits per heavy atom. The minimum absolute atomic E-state index is 0.0437.